The summed E-state index contributed by atoms with van der Waals surface area (Å²) < 4.78 is 41.7. The Bertz CT molecular complexity index is 571. The smallest absolute Gasteiger partial charge is 0.422 e. The molecule has 1 aromatic carbocycles. The number of carbonyl (C=O) groups is 1. The quantitative estimate of drug-likeness (QED) is 0.886. The lowest BCUT2D eigenvalue weighted by atomic mass is 9.50. The molecule has 0 aliphatic heterocycles. The summed E-state index contributed by atoms with van der Waals surface area (Å²) in [5, 5.41) is 2.96. The van der Waals surface area contributed by atoms with Crippen LogP contribution in [0.4, 0.5) is 13.2 Å². The minimum atomic E-state index is -4.41. The van der Waals surface area contributed by atoms with Gasteiger partial charge in [-0.05, 0) is 43.4 Å². The van der Waals surface area contributed by atoms with Gasteiger partial charge in [-0.2, -0.15) is 13.2 Å². The van der Waals surface area contributed by atoms with Crippen molar-refractivity contribution in [1.29, 1.82) is 0 Å². The Morgan fingerprint density at radius 3 is 2.52 bits per heavy atom. The minimum absolute atomic E-state index is 0.0180. The molecule has 1 amide bonds. The molecule has 0 unspecified atom stereocenters. The fourth-order valence-corrected chi connectivity index (χ4v) is 3.36. The molecule has 4 rings (SSSR count). The minimum Gasteiger partial charge on any atom is -0.484 e. The van der Waals surface area contributed by atoms with E-state index in [1.165, 1.54) is 12.1 Å². The number of nitrogens with one attached hydrogen (secondary N) is 1. The first-order valence-electron chi connectivity index (χ1n) is 6.57. The van der Waals surface area contributed by atoms with Crippen LogP contribution >= 0.6 is 15.9 Å². The first kappa shape index (κ1) is 14.7. The third-order valence-electron chi connectivity index (χ3n) is 3.95. The highest BCUT2D eigenvalue weighted by atomic mass is 79.9. The highest BCUT2D eigenvalue weighted by Gasteiger charge is 2.57. The van der Waals surface area contributed by atoms with E-state index in [0.29, 0.717) is 10.0 Å². The van der Waals surface area contributed by atoms with Crippen LogP contribution in [0.5, 0.6) is 5.75 Å². The van der Waals surface area contributed by atoms with Crippen LogP contribution < -0.4 is 10.1 Å². The number of halogens is 4. The van der Waals surface area contributed by atoms with Crippen molar-refractivity contribution in [1.82, 2.24) is 5.32 Å². The molecule has 3 saturated carbocycles. The molecule has 21 heavy (non-hydrogen) atoms. The summed E-state index contributed by atoms with van der Waals surface area (Å²) in [6, 6.07) is 4.31. The van der Waals surface area contributed by atoms with Gasteiger partial charge in [-0.3, -0.25) is 4.79 Å². The Morgan fingerprint density at radius 1 is 1.33 bits per heavy atom. The number of ether oxygens (including phenoxy) is 1. The van der Waals surface area contributed by atoms with E-state index in [1.54, 1.807) is 6.07 Å². The molecule has 0 saturated heterocycles. The summed E-state index contributed by atoms with van der Waals surface area (Å²) in [6.45, 7) is -1.38. The summed E-state index contributed by atoms with van der Waals surface area (Å²) in [5.41, 5.74) is 0.225. The van der Waals surface area contributed by atoms with Crippen molar-refractivity contribution in [2.45, 2.75) is 31.0 Å². The van der Waals surface area contributed by atoms with Crippen LogP contribution in [0.3, 0.4) is 0 Å². The van der Waals surface area contributed by atoms with E-state index in [-0.39, 0.29) is 17.2 Å². The van der Waals surface area contributed by atoms with Crippen LogP contribution in [0.2, 0.25) is 0 Å². The van der Waals surface area contributed by atoms with Gasteiger partial charge in [-0.15, -0.1) is 0 Å². The molecule has 3 fully saturated rings. The van der Waals surface area contributed by atoms with Crippen molar-refractivity contribution < 1.29 is 22.7 Å². The average molecular weight is 364 g/mol. The Hall–Kier alpha value is -1.24. The molecule has 3 aliphatic rings. The molecule has 0 heterocycles. The summed E-state index contributed by atoms with van der Waals surface area (Å²) in [4.78, 5) is 12.2. The molecule has 0 radical (unpaired) electrons. The predicted molar refractivity (Wildman–Crippen MR) is 73.2 cm³/mol. The molecule has 0 spiro atoms. The molecule has 7 heteroatoms. The molecule has 1 aromatic rings. The van der Waals surface area contributed by atoms with E-state index in [9.17, 15) is 18.0 Å². The Morgan fingerprint density at radius 2 is 2.00 bits per heavy atom. The largest absolute Gasteiger partial charge is 0.484 e. The van der Waals surface area contributed by atoms with E-state index in [4.69, 9.17) is 0 Å². The molecule has 2 bridgehead atoms. The predicted octanol–water partition coefficient (Wildman–Crippen LogP) is 3.67. The number of hydrogen-bond donors (Lipinski definition) is 1. The summed E-state index contributed by atoms with van der Waals surface area (Å²) in [7, 11) is 0. The SMILES string of the molecule is O=C(NC12CC(C1)C2)c1cc(Br)cc(OCC(F)(F)F)c1. The molecule has 3 aliphatic carbocycles. The topological polar surface area (TPSA) is 38.3 Å². The van der Waals surface area contributed by atoms with E-state index in [2.05, 4.69) is 26.0 Å². The second-order valence-electron chi connectivity index (χ2n) is 5.79. The van der Waals surface area contributed by atoms with E-state index in [0.717, 1.165) is 25.2 Å². The van der Waals surface area contributed by atoms with Gasteiger partial charge in [0.05, 0.1) is 0 Å². The van der Waals surface area contributed by atoms with E-state index < -0.39 is 12.8 Å². The van der Waals surface area contributed by atoms with Crippen molar-refractivity contribution in [2.24, 2.45) is 5.92 Å². The van der Waals surface area contributed by atoms with Crippen molar-refractivity contribution in [3.05, 3.63) is 28.2 Å². The second kappa shape index (κ2) is 4.90. The Balaban J connectivity index is 1.69. The average Bonchev–Trinajstić information content (AvgIpc) is 2.28. The van der Waals surface area contributed by atoms with Crippen LogP contribution in [-0.4, -0.2) is 24.2 Å². The van der Waals surface area contributed by atoms with Crippen LogP contribution in [0, 0.1) is 5.92 Å². The van der Waals surface area contributed by atoms with Gasteiger partial charge in [0.2, 0.25) is 0 Å². The van der Waals surface area contributed by atoms with Crippen LogP contribution in [-0.2, 0) is 0 Å². The monoisotopic (exact) mass is 363 g/mol. The number of benzene rings is 1. The zero-order chi connectivity index (χ0) is 15.3. The first-order valence-corrected chi connectivity index (χ1v) is 7.37. The van der Waals surface area contributed by atoms with E-state index >= 15 is 0 Å². The lowest BCUT2D eigenvalue weighted by Crippen LogP contribution is -2.68. The zero-order valence-corrected chi connectivity index (χ0v) is 12.6. The summed E-state index contributed by atoms with van der Waals surface area (Å²) in [5.74, 6) is 0.481. The van der Waals surface area contributed by atoms with Gasteiger partial charge in [-0.1, -0.05) is 15.9 Å². The number of alkyl halides is 3. The lowest BCUT2D eigenvalue weighted by molar-refractivity contribution is -0.153. The molecular weight excluding hydrogens is 351 g/mol. The Labute approximate surface area is 128 Å². The van der Waals surface area contributed by atoms with Crippen molar-refractivity contribution in [2.75, 3.05) is 6.61 Å². The molecule has 0 aromatic heterocycles. The number of amides is 1. The van der Waals surface area contributed by atoms with Crippen LogP contribution in [0.25, 0.3) is 0 Å². The van der Waals surface area contributed by atoms with E-state index in [1.807, 2.05) is 0 Å². The normalized spacial score (nSPS) is 26.6. The van der Waals surface area contributed by atoms with Gasteiger partial charge < -0.3 is 10.1 Å². The number of carbonyl (C=O) groups excluding carboxylic acids is 1. The maximum absolute atomic E-state index is 12.2. The second-order valence-corrected chi connectivity index (χ2v) is 6.71. The molecule has 3 nitrogen and oxygen atoms in total. The highest BCUT2D eigenvalue weighted by Crippen LogP contribution is 2.57. The van der Waals surface area contributed by atoms with Crippen molar-refractivity contribution >= 4 is 21.8 Å². The molecular formula is C14H13BrF3NO2. The van der Waals surface area contributed by atoms with Gasteiger partial charge in [0.1, 0.15) is 5.75 Å². The lowest BCUT2D eigenvalue weighted by Gasteiger charge is -2.61. The molecule has 114 valence electrons. The van der Waals surface area contributed by atoms with Gasteiger partial charge >= 0.3 is 6.18 Å². The van der Waals surface area contributed by atoms with Gasteiger partial charge in [0.15, 0.2) is 6.61 Å². The van der Waals surface area contributed by atoms with Gasteiger partial charge in [0, 0.05) is 15.6 Å². The third-order valence-corrected chi connectivity index (χ3v) is 4.41. The van der Waals surface area contributed by atoms with Crippen molar-refractivity contribution in [3.8, 4) is 5.75 Å². The first-order chi connectivity index (χ1) is 9.75. The number of rotatable bonds is 4. The summed E-state index contributed by atoms with van der Waals surface area (Å²) in [6.07, 6.45) is -1.39. The highest BCUT2D eigenvalue weighted by molar-refractivity contribution is 9.10. The molecule has 1 N–H and O–H groups in total. The van der Waals surface area contributed by atoms with Gasteiger partial charge in [-0.25, -0.2) is 0 Å². The van der Waals surface area contributed by atoms with Crippen LogP contribution in [0.1, 0.15) is 29.6 Å². The summed E-state index contributed by atoms with van der Waals surface area (Å²) >= 11 is 3.18. The third kappa shape index (κ3) is 3.17. The van der Waals surface area contributed by atoms with Crippen LogP contribution in [0.15, 0.2) is 22.7 Å². The van der Waals surface area contributed by atoms with Crippen molar-refractivity contribution in [3.63, 3.8) is 0 Å². The number of hydrogen-bond acceptors (Lipinski definition) is 2. The zero-order valence-electron chi connectivity index (χ0n) is 11.0. The van der Waals surface area contributed by atoms with Gasteiger partial charge in [0.25, 0.3) is 5.91 Å². The molecule has 0 atom stereocenters. The fourth-order valence-electron chi connectivity index (χ4n) is 2.89. The maximum atomic E-state index is 12.2. The Kier molecular flexibility index (Phi) is 3.43. The fraction of sp³-hybridized carbons (Fsp3) is 0.500. The maximum Gasteiger partial charge on any atom is 0.422 e. The standard InChI is InChI=1S/C14H13BrF3NO2/c15-10-1-9(2-11(3-10)21-7-14(16,17)18)12(20)19-13-4-8(5-13)6-13/h1-3,8H,4-7H2,(H,19,20).